The Morgan fingerprint density at radius 1 is 1.38 bits per heavy atom. The Hall–Kier alpha value is -1.80. The molecule has 0 bridgehead atoms. The zero-order valence-corrected chi connectivity index (χ0v) is 15.8. The van der Waals surface area contributed by atoms with E-state index >= 15 is 0 Å². The van der Waals surface area contributed by atoms with Crippen LogP contribution in [0.2, 0.25) is 0 Å². The van der Waals surface area contributed by atoms with Gasteiger partial charge in [0.2, 0.25) is 0 Å². The van der Waals surface area contributed by atoms with Crippen molar-refractivity contribution in [2.45, 2.75) is 26.4 Å². The molecule has 1 aromatic carbocycles. The monoisotopic (exact) mass is 391 g/mol. The number of carbonyl (C=O) groups is 2. The average Bonchev–Trinajstić information content (AvgIpc) is 2.59. The van der Waals surface area contributed by atoms with Crippen molar-refractivity contribution in [2.75, 3.05) is 20.3 Å². The van der Waals surface area contributed by atoms with Crippen LogP contribution in [0.3, 0.4) is 0 Å². The van der Waals surface area contributed by atoms with Gasteiger partial charge in [0.05, 0.1) is 0 Å². The van der Waals surface area contributed by atoms with Crippen LogP contribution in [0, 0.1) is 11.2 Å². The van der Waals surface area contributed by atoms with E-state index in [9.17, 15) is 18.9 Å². The second-order valence-electron chi connectivity index (χ2n) is 6.47. The number of nitrogens with one attached hydrogen (secondary N) is 1. The first-order chi connectivity index (χ1) is 12.1. The molecule has 1 heterocycles. The predicted octanol–water partition coefficient (Wildman–Crippen LogP) is 1.73. The summed E-state index contributed by atoms with van der Waals surface area (Å²) >= 11 is 0. The molecule has 0 unspecified atom stereocenters. The molecular formula is C16H23FNO7P. The first-order valence-corrected chi connectivity index (χ1v) is 9.66. The molecule has 8 nitrogen and oxygen atoms in total. The maximum atomic E-state index is 13.0. The molecule has 10 heteroatoms. The molecule has 1 amide bonds. The van der Waals surface area contributed by atoms with Crippen LogP contribution in [-0.2, 0) is 23.4 Å². The first-order valence-electron chi connectivity index (χ1n) is 7.98. The molecule has 1 saturated heterocycles. The van der Waals surface area contributed by atoms with Crippen LogP contribution in [0.15, 0.2) is 24.3 Å². The van der Waals surface area contributed by atoms with Crippen molar-refractivity contribution >= 4 is 20.0 Å². The summed E-state index contributed by atoms with van der Waals surface area (Å²) in [6.45, 7) is 3.57. The summed E-state index contributed by atoms with van der Waals surface area (Å²) in [6.07, 6.45) is -1.04. The number of benzene rings is 1. The molecule has 1 atom stereocenters. The number of rotatable bonds is 6. The van der Waals surface area contributed by atoms with Crippen molar-refractivity contribution < 1.29 is 37.2 Å². The Balaban J connectivity index is 2.03. The minimum atomic E-state index is -4.15. The van der Waals surface area contributed by atoms with Crippen molar-refractivity contribution in [1.82, 2.24) is 5.32 Å². The number of amides is 1. The summed E-state index contributed by atoms with van der Waals surface area (Å²) in [5.41, 5.74) is -0.735. The quantitative estimate of drug-likeness (QED) is 0.562. The number of hydrogen-bond acceptors (Lipinski definition) is 7. The van der Waals surface area contributed by atoms with Gasteiger partial charge < -0.3 is 0 Å². The second kappa shape index (κ2) is 8.26. The second-order valence-corrected chi connectivity index (χ2v) is 8.25. The molecule has 1 aliphatic rings. The summed E-state index contributed by atoms with van der Waals surface area (Å²) in [6, 6.07) is 4.96. The Labute approximate surface area is 151 Å². The number of carbonyl (C=O) groups excluding carboxylic acids is 2. The van der Waals surface area contributed by atoms with Gasteiger partial charge >= 0.3 is 150 Å². The van der Waals surface area contributed by atoms with Crippen LogP contribution in [0.25, 0.3) is 0 Å². The fourth-order valence-electron chi connectivity index (χ4n) is 2.29. The molecule has 26 heavy (non-hydrogen) atoms. The summed E-state index contributed by atoms with van der Waals surface area (Å²) in [4.78, 5) is 34.1. The van der Waals surface area contributed by atoms with Crippen molar-refractivity contribution in [3.63, 3.8) is 0 Å². The van der Waals surface area contributed by atoms with Crippen LogP contribution in [0.5, 0.6) is 5.75 Å². The zero-order valence-electron chi connectivity index (χ0n) is 14.8. The summed E-state index contributed by atoms with van der Waals surface area (Å²) < 4.78 is 33.7. The zero-order chi connectivity index (χ0) is 19.4. The topological polar surface area (TPSA) is 103 Å². The molecule has 2 rings (SSSR count). The normalized spacial score (nSPS) is 22.1. The van der Waals surface area contributed by atoms with Crippen LogP contribution in [0.1, 0.15) is 20.3 Å². The van der Waals surface area contributed by atoms with E-state index in [1.54, 1.807) is 13.8 Å². The molecule has 0 saturated carbocycles. The molecule has 1 aliphatic heterocycles. The van der Waals surface area contributed by atoms with Gasteiger partial charge in [0, 0.05) is 0 Å². The van der Waals surface area contributed by atoms with Crippen molar-refractivity contribution in [3.05, 3.63) is 30.1 Å². The Morgan fingerprint density at radius 2 is 2.04 bits per heavy atom. The molecule has 0 spiro atoms. The molecular weight excluding hydrogens is 368 g/mol. The van der Waals surface area contributed by atoms with E-state index in [1.165, 1.54) is 19.2 Å². The summed E-state index contributed by atoms with van der Waals surface area (Å²) in [5, 5.41) is 2.57. The van der Waals surface area contributed by atoms with Gasteiger partial charge in [-0.3, -0.25) is 0 Å². The third kappa shape index (κ3) is 5.35. The Morgan fingerprint density at radius 3 is 2.65 bits per heavy atom. The molecule has 1 fully saturated rings. The number of esters is 1. The van der Waals surface area contributed by atoms with Gasteiger partial charge in [-0.25, -0.2) is 0 Å². The van der Waals surface area contributed by atoms with E-state index in [0.29, 0.717) is 0 Å². The number of halogens is 1. The van der Waals surface area contributed by atoms with Gasteiger partial charge in [0.1, 0.15) is 0 Å². The van der Waals surface area contributed by atoms with Gasteiger partial charge in [0.25, 0.3) is 0 Å². The molecule has 0 aromatic heterocycles. The minimum absolute atomic E-state index is 0.0136. The van der Waals surface area contributed by atoms with Crippen molar-refractivity contribution in [3.8, 4) is 5.75 Å². The Bertz CT molecular complexity index is 655. The van der Waals surface area contributed by atoms with Gasteiger partial charge in [-0.05, 0) is 0 Å². The van der Waals surface area contributed by atoms with Gasteiger partial charge in [-0.1, -0.05) is 0 Å². The van der Waals surface area contributed by atoms with Crippen molar-refractivity contribution in [2.24, 2.45) is 5.41 Å². The fraction of sp³-hybridized carbons (Fsp3) is 0.500. The maximum absolute atomic E-state index is 13.0. The summed E-state index contributed by atoms with van der Waals surface area (Å²) in [7, 11) is -2.89. The SMILES string of the molecule is COC(=O)CCNC(=O)[C@@H]1O[PH](O)(Oc2ccc(F)cc2)OCC1(C)C. The molecule has 1 aromatic rings. The van der Waals surface area contributed by atoms with E-state index in [4.69, 9.17) is 13.6 Å². The first kappa shape index (κ1) is 20.5. The van der Waals surface area contributed by atoms with Gasteiger partial charge in [0.15, 0.2) is 0 Å². The van der Waals surface area contributed by atoms with E-state index in [-0.39, 0.29) is 25.3 Å². The number of hydrogen-bond donors (Lipinski definition) is 2. The van der Waals surface area contributed by atoms with E-state index in [0.717, 1.165) is 12.1 Å². The average molecular weight is 391 g/mol. The predicted molar refractivity (Wildman–Crippen MR) is 91.8 cm³/mol. The third-order valence-electron chi connectivity index (χ3n) is 3.76. The fourth-order valence-corrected chi connectivity index (χ4v) is 4.18. The van der Waals surface area contributed by atoms with Crippen LogP contribution < -0.4 is 9.84 Å². The molecule has 0 radical (unpaired) electrons. The van der Waals surface area contributed by atoms with Gasteiger partial charge in [-0.2, -0.15) is 0 Å². The molecule has 146 valence electrons. The Kier molecular flexibility index (Phi) is 6.52. The van der Waals surface area contributed by atoms with E-state index < -0.39 is 37.4 Å². The summed E-state index contributed by atoms with van der Waals surface area (Å²) in [5.74, 6) is -1.26. The standard InChI is InChI=1S/C16H23FNO7P/c1-16(2)10-23-26(21,24-12-6-4-11(17)5-7-12)25-14(16)15(20)18-9-8-13(19)22-3/h4-7,14,21,26H,8-10H2,1-3H3,(H,18,20)/t14-/m0/s1. The van der Waals surface area contributed by atoms with Gasteiger partial charge in [-0.15, -0.1) is 0 Å². The molecule has 2 N–H and O–H groups in total. The van der Waals surface area contributed by atoms with Crippen molar-refractivity contribution in [1.29, 1.82) is 0 Å². The van der Waals surface area contributed by atoms with E-state index in [1.807, 2.05) is 0 Å². The van der Waals surface area contributed by atoms with Crippen LogP contribution >= 0.6 is 8.17 Å². The van der Waals surface area contributed by atoms with E-state index in [2.05, 4.69) is 10.1 Å². The molecule has 0 aliphatic carbocycles. The third-order valence-corrected chi connectivity index (χ3v) is 5.29. The number of ether oxygens (including phenoxy) is 1. The van der Waals surface area contributed by atoms with Crippen LogP contribution in [0.4, 0.5) is 4.39 Å². The van der Waals surface area contributed by atoms with Crippen LogP contribution in [-0.4, -0.2) is 43.1 Å². The number of methoxy groups -OCH3 is 1.